The minimum absolute atomic E-state index is 0.333. The average molecular weight is 304 g/mol. The lowest BCUT2D eigenvalue weighted by atomic mass is 10.1. The third kappa shape index (κ3) is 2.74. The molecule has 5 heteroatoms. The molecule has 0 radical (unpaired) electrons. The van der Waals surface area contributed by atoms with Crippen molar-refractivity contribution in [1.82, 2.24) is 0 Å². The topological polar surface area (TPSA) is 20.2 Å². The zero-order valence-corrected chi connectivity index (χ0v) is 10.5. The lowest BCUT2D eigenvalue weighted by molar-refractivity contribution is 0.167. The molecule has 0 aliphatic carbocycles. The number of halogens is 4. The van der Waals surface area contributed by atoms with Gasteiger partial charge in [-0.15, -0.1) is 0 Å². The predicted molar refractivity (Wildman–Crippen MR) is 60.0 cm³/mol. The van der Waals surface area contributed by atoms with Gasteiger partial charge >= 0.3 is 0 Å². The van der Waals surface area contributed by atoms with Crippen molar-refractivity contribution in [3.05, 3.63) is 32.8 Å². The molecule has 0 saturated heterocycles. The van der Waals surface area contributed by atoms with E-state index in [-0.39, 0.29) is 0 Å². The van der Waals surface area contributed by atoms with E-state index in [0.717, 1.165) is 0 Å². The van der Waals surface area contributed by atoms with Crippen LogP contribution in [0.15, 0.2) is 12.1 Å². The molecule has 1 unspecified atom stereocenters. The van der Waals surface area contributed by atoms with Gasteiger partial charge in [0.2, 0.25) is 0 Å². The molecule has 0 aliphatic rings. The van der Waals surface area contributed by atoms with Crippen molar-refractivity contribution in [1.29, 1.82) is 0 Å². The SMILES string of the molecule is CC(O)(Br)c1c(Cl)cc(Cl)cc1Cl. The van der Waals surface area contributed by atoms with Crippen LogP contribution in [-0.4, -0.2) is 5.11 Å². The van der Waals surface area contributed by atoms with Crippen LogP contribution in [0.25, 0.3) is 0 Å². The maximum absolute atomic E-state index is 9.65. The van der Waals surface area contributed by atoms with E-state index in [9.17, 15) is 5.11 Å². The number of aliphatic hydroxyl groups is 1. The Morgan fingerprint density at radius 3 is 1.92 bits per heavy atom. The lowest BCUT2D eigenvalue weighted by Gasteiger charge is -2.18. The standard InChI is InChI=1S/C8H6BrCl3O/c1-8(9,13)7-5(11)2-4(10)3-6(7)12/h2-3,13H,1H3. The Bertz CT molecular complexity index is 310. The summed E-state index contributed by atoms with van der Waals surface area (Å²) < 4.78 is -1.24. The molecular weight excluding hydrogens is 298 g/mol. The van der Waals surface area contributed by atoms with Gasteiger partial charge in [0.25, 0.3) is 0 Å². The summed E-state index contributed by atoms with van der Waals surface area (Å²) in [6.07, 6.45) is 0. The van der Waals surface area contributed by atoms with Crippen molar-refractivity contribution in [2.45, 2.75) is 11.4 Å². The maximum atomic E-state index is 9.65. The molecule has 0 spiro atoms. The van der Waals surface area contributed by atoms with Crippen LogP contribution in [0, 0.1) is 0 Å². The van der Waals surface area contributed by atoms with Crippen LogP contribution in [0.5, 0.6) is 0 Å². The Morgan fingerprint density at radius 2 is 1.62 bits per heavy atom. The zero-order valence-electron chi connectivity index (χ0n) is 6.61. The van der Waals surface area contributed by atoms with Gasteiger partial charge in [-0.05, 0) is 35.0 Å². The number of rotatable bonds is 1. The molecule has 0 aliphatic heterocycles. The maximum Gasteiger partial charge on any atom is 0.145 e. The first-order valence-electron chi connectivity index (χ1n) is 3.38. The summed E-state index contributed by atoms with van der Waals surface area (Å²) in [7, 11) is 0. The molecule has 1 nitrogen and oxygen atoms in total. The molecule has 1 aromatic carbocycles. The van der Waals surface area contributed by atoms with Crippen LogP contribution in [0.4, 0.5) is 0 Å². The molecule has 0 fully saturated rings. The Hall–Kier alpha value is 0.530. The predicted octanol–water partition coefficient (Wildman–Crippen LogP) is 4.21. The highest BCUT2D eigenvalue weighted by molar-refractivity contribution is 9.09. The number of alkyl halides is 1. The monoisotopic (exact) mass is 302 g/mol. The molecule has 72 valence electrons. The molecule has 1 aromatic rings. The minimum Gasteiger partial charge on any atom is -0.375 e. The molecule has 1 N–H and O–H groups in total. The fourth-order valence-electron chi connectivity index (χ4n) is 0.978. The van der Waals surface area contributed by atoms with Gasteiger partial charge in [0, 0.05) is 10.6 Å². The van der Waals surface area contributed by atoms with Gasteiger partial charge in [0.1, 0.15) is 4.51 Å². The smallest absolute Gasteiger partial charge is 0.145 e. The second-order valence-corrected chi connectivity index (χ2v) is 5.49. The van der Waals surface area contributed by atoms with Crippen LogP contribution in [0.2, 0.25) is 15.1 Å². The number of hydrogen-bond acceptors (Lipinski definition) is 1. The molecular formula is C8H6BrCl3O. The fourth-order valence-corrected chi connectivity index (χ4v) is 2.82. The number of hydrogen-bond donors (Lipinski definition) is 1. The molecule has 0 bridgehead atoms. The van der Waals surface area contributed by atoms with Gasteiger partial charge in [0.05, 0.1) is 10.0 Å². The van der Waals surface area contributed by atoms with Gasteiger partial charge in [-0.3, -0.25) is 0 Å². The highest BCUT2D eigenvalue weighted by Crippen LogP contribution is 2.39. The zero-order chi connectivity index (χ0) is 10.2. The van der Waals surface area contributed by atoms with Gasteiger partial charge in [0.15, 0.2) is 0 Å². The summed E-state index contributed by atoms with van der Waals surface area (Å²) in [5.74, 6) is 0. The van der Waals surface area contributed by atoms with E-state index in [2.05, 4.69) is 15.9 Å². The molecule has 0 saturated carbocycles. The van der Waals surface area contributed by atoms with E-state index in [1.807, 2.05) is 0 Å². The summed E-state index contributed by atoms with van der Waals surface area (Å²) in [5, 5.41) is 10.8. The van der Waals surface area contributed by atoms with Gasteiger partial charge in [-0.1, -0.05) is 34.8 Å². The van der Waals surface area contributed by atoms with Crippen molar-refractivity contribution in [3.63, 3.8) is 0 Å². The third-order valence-corrected chi connectivity index (χ3v) is 2.67. The van der Waals surface area contributed by atoms with Gasteiger partial charge in [-0.2, -0.15) is 0 Å². The van der Waals surface area contributed by atoms with Crippen molar-refractivity contribution < 1.29 is 5.11 Å². The first kappa shape index (κ1) is 11.6. The first-order chi connectivity index (χ1) is 5.82. The van der Waals surface area contributed by atoms with Crippen LogP contribution < -0.4 is 0 Å². The summed E-state index contributed by atoms with van der Waals surface area (Å²) >= 11 is 20.5. The van der Waals surface area contributed by atoms with Crippen LogP contribution in [0.1, 0.15) is 12.5 Å². The molecule has 0 amide bonds. The van der Waals surface area contributed by atoms with Crippen molar-refractivity contribution in [3.8, 4) is 0 Å². The average Bonchev–Trinajstić information content (AvgIpc) is 1.78. The Morgan fingerprint density at radius 1 is 1.23 bits per heavy atom. The second-order valence-electron chi connectivity index (χ2n) is 2.70. The molecule has 0 heterocycles. The number of benzene rings is 1. The van der Waals surface area contributed by atoms with E-state index in [0.29, 0.717) is 20.6 Å². The second kappa shape index (κ2) is 3.95. The van der Waals surface area contributed by atoms with E-state index < -0.39 is 4.51 Å². The van der Waals surface area contributed by atoms with Crippen LogP contribution >= 0.6 is 50.7 Å². The van der Waals surface area contributed by atoms with Crippen molar-refractivity contribution in [2.24, 2.45) is 0 Å². The van der Waals surface area contributed by atoms with Crippen molar-refractivity contribution in [2.75, 3.05) is 0 Å². The first-order valence-corrected chi connectivity index (χ1v) is 5.31. The van der Waals surface area contributed by atoms with Gasteiger partial charge < -0.3 is 5.11 Å². The van der Waals surface area contributed by atoms with Crippen LogP contribution in [-0.2, 0) is 4.51 Å². The molecule has 1 rings (SSSR count). The summed E-state index contributed by atoms with van der Waals surface area (Å²) in [5.41, 5.74) is 0.417. The van der Waals surface area contributed by atoms with E-state index in [4.69, 9.17) is 34.8 Å². The Labute approximate surface area is 99.7 Å². The minimum atomic E-state index is -1.24. The Kier molecular flexibility index (Phi) is 3.53. The lowest BCUT2D eigenvalue weighted by Crippen LogP contribution is -2.12. The quantitative estimate of drug-likeness (QED) is 0.771. The highest BCUT2D eigenvalue weighted by atomic mass is 79.9. The van der Waals surface area contributed by atoms with E-state index in [1.54, 1.807) is 0 Å². The van der Waals surface area contributed by atoms with Gasteiger partial charge in [-0.25, -0.2) is 0 Å². The van der Waals surface area contributed by atoms with Crippen LogP contribution in [0.3, 0.4) is 0 Å². The Balaban J connectivity index is 3.38. The molecule has 1 atom stereocenters. The third-order valence-electron chi connectivity index (χ3n) is 1.46. The highest BCUT2D eigenvalue weighted by Gasteiger charge is 2.25. The fraction of sp³-hybridized carbons (Fsp3) is 0.250. The summed E-state index contributed by atoms with van der Waals surface area (Å²) in [4.78, 5) is 0. The largest absolute Gasteiger partial charge is 0.375 e. The van der Waals surface area contributed by atoms with E-state index >= 15 is 0 Å². The summed E-state index contributed by atoms with van der Waals surface area (Å²) in [6, 6.07) is 3.06. The normalized spacial score (nSPS) is 15.5. The van der Waals surface area contributed by atoms with E-state index in [1.165, 1.54) is 19.1 Å². The summed E-state index contributed by atoms with van der Waals surface area (Å²) in [6.45, 7) is 1.54. The molecule has 13 heavy (non-hydrogen) atoms. The molecule has 0 aromatic heterocycles. The van der Waals surface area contributed by atoms with Crippen molar-refractivity contribution >= 4 is 50.7 Å².